The highest BCUT2D eigenvalue weighted by atomic mass is 19.1. The van der Waals surface area contributed by atoms with Gasteiger partial charge in [-0.2, -0.15) is 5.26 Å². The van der Waals surface area contributed by atoms with Crippen molar-refractivity contribution in [3.05, 3.63) is 53.3 Å². The molecule has 0 amide bonds. The first-order valence-corrected chi connectivity index (χ1v) is 5.18. The summed E-state index contributed by atoms with van der Waals surface area (Å²) in [5.41, 5.74) is 8.64. The molecule has 0 saturated carbocycles. The van der Waals surface area contributed by atoms with E-state index in [-0.39, 0.29) is 5.82 Å². The number of nitrogens with zero attached hydrogens (tertiary/aromatic N) is 1. The number of benzene rings is 2. The van der Waals surface area contributed by atoms with Crippen molar-refractivity contribution >= 4 is 5.69 Å². The first kappa shape index (κ1) is 11.2. The second-order valence-electron chi connectivity index (χ2n) is 3.90. The van der Waals surface area contributed by atoms with Crippen molar-refractivity contribution < 1.29 is 4.39 Å². The smallest absolute Gasteiger partial charge is 0.131 e. The molecular formula is C14H11FN2. The van der Waals surface area contributed by atoms with Crippen molar-refractivity contribution in [1.82, 2.24) is 0 Å². The topological polar surface area (TPSA) is 49.8 Å². The summed E-state index contributed by atoms with van der Waals surface area (Å²) in [5, 5.41) is 8.77. The number of anilines is 1. The van der Waals surface area contributed by atoms with Crippen LogP contribution in [0.15, 0.2) is 36.4 Å². The molecule has 2 N–H and O–H groups in total. The molecule has 0 fully saturated rings. The molecule has 0 heterocycles. The van der Waals surface area contributed by atoms with E-state index in [9.17, 15) is 4.39 Å². The van der Waals surface area contributed by atoms with E-state index in [2.05, 4.69) is 0 Å². The number of aryl methyl sites for hydroxylation is 1. The van der Waals surface area contributed by atoms with Gasteiger partial charge in [0.2, 0.25) is 0 Å². The van der Waals surface area contributed by atoms with Gasteiger partial charge in [-0.15, -0.1) is 0 Å². The number of halogens is 1. The summed E-state index contributed by atoms with van der Waals surface area (Å²) in [6.45, 7) is 1.90. The van der Waals surface area contributed by atoms with Crippen molar-refractivity contribution in [1.29, 1.82) is 5.26 Å². The third kappa shape index (κ3) is 2.11. The lowest BCUT2D eigenvalue weighted by Gasteiger charge is -2.06. The SMILES string of the molecule is Cc1ccc(F)c(-c2ccc(C#N)c(N)c2)c1. The van der Waals surface area contributed by atoms with Crippen molar-refractivity contribution in [2.24, 2.45) is 0 Å². The normalized spacial score (nSPS) is 9.94. The summed E-state index contributed by atoms with van der Waals surface area (Å²) >= 11 is 0. The average Bonchev–Trinajstić information content (AvgIpc) is 2.32. The predicted octanol–water partition coefficient (Wildman–Crippen LogP) is 3.26. The molecule has 0 aliphatic carbocycles. The Labute approximate surface area is 99.1 Å². The molecule has 2 aromatic carbocycles. The molecule has 0 bridgehead atoms. The van der Waals surface area contributed by atoms with Crippen molar-refractivity contribution in [2.75, 3.05) is 5.73 Å². The summed E-state index contributed by atoms with van der Waals surface area (Å²) in [7, 11) is 0. The van der Waals surface area contributed by atoms with Gasteiger partial charge in [0.1, 0.15) is 11.9 Å². The van der Waals surface area contributed by atoms with E-state index in [0.717, 1.165) is 5.56 Å². The highest BCUT2D eigenvalue weighted by Crippen LogP contribution is 2.26. The third-order valence-corrected chi connectivity index (χ3v) is 2.60. The Hall–Kier alpha value is -2.34. The maximum Gasteiger partial charge on any atom is 0.131 e. The van der Waals surface area contributed by atoms with Crippen LogP contribution in [0, 0.1) is 24.1 Å². The molecule has 0 atom stereocenters. The number of rotatable bonds is 1. The van der Waals surface area contributed by atoms with Crippen LogP contribution in [0.25, 0.3) is 11.1 Å². The molecule has 0 aromatic heterocycles. The summed E-state index contributed by atoms with van der Waals surface area (Å²) < 4.78 is 13.7. The molecule has 0 saturated heterocycles. The zero-order chi connectivity index (χ0) is 12.4. The lowest BCUT2D eigenvalue weighted by atomic mass is 10.0. The molecule has 0 aliphatic heterocycles. The monoisotopic (exact) mass is 226 g/mol. The van der Waals surface area contributed by atoms with Gasteiger partial charge in [-0.25, -0.2) is 4.39 Å². The standard InChI is InChI=1S/C14H11FN2/c1-9-2-5-13(15)12(6-9)10-3-4-11(8-16)14(17)7-10/h2-7H,17H2,1H3. The van der Waals surface area contributed by atoms with Gasteiger partial charge in [0.25, 0.3) is 0 Å². The van der Waals surface area contributed by atoms with Gasteiger partial charge in [0, 0.05) is 5.56 Å². The average molecular weight is 226 g/mol. The van der Waals surface area contributed by atoms with Crippen LogP contribution in [-0.2, 0) is 0 Å². The van der Waals surface area contributed by atoms with Crippen LogP contribution in [-0.4, -0.2) is 0 Å². The largest absolute Gasteiger partial charge is 0.398 e. The van der Waals surface area contributed by atoms with Crippen LogP contribution < -0.4 is 5.73 Å². The molecule has 3 heteroatoms. The number of nitrogens with two attached hydrogens (primary N) is 1. The Morgan fingerprint density at radius 1 is 1.18 bits per heavy atom. The van der Waals surface area contributed by atoms with E-state index in [1.54, 1.807) is 30.3 Å². The minimum absolute atomic E-state index is 0.292. The fourth-order valence-electron chi connectivity index (χ4n) is 1.69. The highest BCUT2D eigenvalue weighted by Gasteiger charge is 2.07. The minimum atomic E-state index is -0.292. The molecule has 0 radical (unpaired) electrons. The predicted molar refractivity (Wildman–Crippen MR) is 65.7 cm³/mol. The first-order chi connectivity index (χ1) is 8.11. The summed E-state index contributed by atoms with van der Waals surface area (Å²) in [6, 6.07) is 11.8. The Balaban J connectivity index is 2.58. The maximum absolute atomic E-state index is 13.7. The van der Waals surface area contributed by atoms with Gasteiger partial charge in [-0.3, -0.25) is 0 Å². The van der Waals surface area contributed by atoms with E-state index < -0.39 is 0 Å². The fraction of sp³-hybridized carbons (Fsp3) is 0.0714. The Bertz CT molecular complexity index is 612. The Kier molecular flexibility index (Phi) is 2.80. The van der Waals surface area contributed by atoms with E-state index in [4.69, 9.17) is 11.0 Å². The fourth-order valence-corrected chi connectivity index (χ4v) is 1.69. The van der Waals surface area contributed by atoms with Gasteiger partial charge in [-0.1, -0.05) is 17.7 Å². The second-order valence-corrected chi connectivity index (χ2v) is 3.90. The Morgan fingerprint density at radius 3 is 2.59 bits per heavy atom. The van der Waals surface area contributed by atoms with Crippen LogP contribution in [0.2, 0.25) is 0 Å². The van der Waals surface area contributed by atoms with E-state index in [0.29, 0.717) is 22.4 Å². The number of hydrogen-bond donors (Lipinski definition) is 1. The number of nitriles is 1. The molecule has 2 rings (SSSR count). The first-order valence-electron chi connectivity index (χ1n) is 5.18. The molecular weight excluding hydrogens is 215 g/mol. The van der Waals surface area contributed by atoms with E-state index in [1.807, 2.05) is 13.0 Å². The van der Waals surface area contributed by atoms with Crippen molar-refractivity contribution in [3.63, 3.8) is 0 Å². The Morgan fingerprint density at radius 2 is 1.94 bits per heavy atom. The molecule has 2 aromatic rings. The van der Waals surface area contributed by atoms with Crippen LogP contribution >= 0.6 is 0 Å². The van der Waals surface area contributed by atoms with Crippen LogP contribution in [0.3, 0.4) is 0 Å². The van der Waals surface area contributed by atoms with Gasteiger partial charge in [-0.05, 0) is 36.8 Å². The molecule has 2 nitrogen and oxygen atoms in total. The summed E-state index contributed by atoms with van der Waals surface area (Å²) in [4.78, 5) is 0. The second kappa shape index (κ2) is 4.26. The molecule has 17 heavy (non-hydrogen) atoms. The lowest BCUT2D eigenvalue weighted by Crippen LogP contribution is -1.92. The van der Waals surface area contributed by atoms with Gasteiger partial charge in [0.05, 0.1) is 11.3 Å². The molecule has 0 aliphatic rings. The number of hydrogen-bond acceptors (Lipinski definition) is 2. The lowest BCUT2D eigenvalue weighted by molar-refractivity contribution is 0.631. The molecule has 84 valence electrons. The summed E-state index contributed by atoms with van der Waals surface area (Å²) in [5.74, 6) is -0.292. The zero-order valence-electron chi connectivity index (χ0n) is 9.37. The van der Waals surface area contributed by atoms with Crippen LogP contribution in [0.5, 0.6) is 0 Å². The minimum Gasteiger partial charge on any atom is -0.398 e. The van der Waals surface area contributed by atoms with Gasteiger partial charge >= 0.3 is 0 Å². The summed E-state index contributed by atoms with van der Waals surface area (Å²) in [6.07, 6.45) is 0. The number of nitrogen functional groups attached to an aromatic ring is 1. The quantitative estimate of drug-likeness (QED) is 0.759. The maximum atomic E-state index is 13.7. The van der Waals surface area contributed by atoms with E-state index >= 15 is 0 Å². The highest BCUT2D eigenvalue weighted by molar-refractivity contribution is 5.71. The van der Waals surface area contributed by atoms with Crippen molar-refractivity contribution in [2.45, 2.75) is 6.92 Å². The molecule has 0 spiro atoms. The van der Waals surface area contributed by atoms with Crippen molar-refractivity contribution in [3.8, 4) is 17.2 Å². The zero-order valence-corrected chi connectivity index (χ0v) is 9.37. The van der Waals surface area contributed by atoms with Gasteiger partial charge < -0.3 is 5.73 Å². The third-order valence-electron chi connectivity index (χ3n) is 2.60. The van der Waals surface area contributed by atoms with E-state index in [1.165, 1.54) is 6.07 Å². The van der Waals surface area contributed by atoms with Crippen LogP contribution in [0.4, 0.5) is 10.1 Å². The van der Waals surface area contributed by atoms with Crippen LogP contribution in [0.1, 0.15) is 11.1 Å². The van der Waals surface area contributed by atoms with Gasteiger partial charge in [0.15, 0.2) is 0 Å². The molecule has 0 unspecified atom stereocenters.